The normalized spacial score (nSPS) is 12.0. The van der Waals surface area contributed by atoms with Gasteiger partial charge < -0.3 is 0 Å². The van der Waals surface area contributed by atoms with Gasteiger partial charge in [0.2, 0.25) is 0 Å². The molecule has 0 amide bonds. The minimum absolute atomic E-state index is 0.434. The first-order valence-electron chi connectivity index (χ1n) is 5.90. The number of halogens is 4. The Morgan fingerprint density at radius 2 is 1.95 bits per heavy atom. The van der Waals surface area contributed by atoms with E-state index >= 15 is 0 Å². The lowest BCUT2D eigenvalue weighted by Gasteiger charge is -2.08. The Morgan fingerprint density at radius 1 is 1.14 bits per heavy atom. The van der Waals surface area contributed by atoms with E-state index < -0.39 is 32.5 Å². The van der Waals surface area contributed by atoms with Crippen LogP contribution in [0.4, 0.5) is 13.2 Å². The monoisotopic (exact) mass is 403 g/mol. The van der Waals surface area contributed by atoms with Crippen LogP contribution in [-0.2, 0) is 6.18 Å². The number of nitrogens with zero attached hydrogens (tertiary/aromatic N) is 3. The molecule has 0 fully saturated rings. The van der Waals surface area contributed by atoms with Gasteiger partial charge in [-0.2, -0.15) is 18.3 Å². The van der Waals surface area contributed by atoms with Crippen molar-refractivity contribution in [3.8, 4) is 11.3 Å². The molecule has 2 heterocycles. The van der Waals surface area contributed by atoms with Crippen LogP contribution in [-0.4, -0.2) is 19.1 Å². The van der Waals surface area contributed by atoms with Crippen LogP contribution < -0.4 is 0 Å². The van der Waals surface area contributed by atoms with E-state index in [1.54, 1.807) is 16.6 Å². The molecule has 0 saturated heterocycles. The molecule has 0 aliphatic carbocycles. The third-order valence-corrected chi connectivity index (χ3v) is 4.31. The standard InChI is InChI=1S/C14H9F3IN3/c1-18-12-5-6-13-19-8-11(21(13)20-12)9-3-2-4-10(7-9)14(15,16)17/h2-8H,1H2. The summed E-state index contributed by atoms with van der Waals surface area (Å²) in [6.07, 6.45) is -2.84. The second-order valence-electron chi connectivity index (χ2n) is 4.28. The molecule has 108 valence electrons. The molecule has 3 nitrogen and oxygen atoms in total. The summed E-state index contributed by atoms with van der Waals surface area (Å²) in [4.78, 5) is 4.17. The van der Waals surface area contributed by atoms with Gasteiger partial charge in [0.05, 0.1) is 17.5 Å². The summed E-state index contributed by atoms with van der Waals surface area (Å²) in [5.41, 5.74) is 0.888. The molecule has 21 heavy (non-hydrogen) atoms. The van der Waals surface area contributed by atoms with Crippen LogP contribution in [0.15, 0.2) is 42.6 Å². The first-order valence-corrected chi connectivity index (χ1v) is 8.50. The van der Waals surface area contributed by atoms with Gasteiger partial charge >= 0.3 is 6.18 Å². The summed E-state index contributed by atoms with van der Waals surface area (Å²) < 4.78 is 44.7. The molecule has 0 radical (unpaired) electrons. The topological polar surface area (TPSA) is 30.2 Å². The lowest BCUT2D eigenvalue weighted by Crippen LogP contribution is -2.05. The molecule has 7 heteroatoms. The van der Waals surface area contributed by atoms with Crippen molar-refractivity contribution in [1.29, 1.82) is 0 Å². The summed E-state index contributed by atoms with van der Waals surface area (Å²) in [6.45, 7) is 0. The average molecular weight is 403 g/mol. The van der Waals surface area contributed by atoms with E-state index in [0.717, 1.165) is 15.8 Å². The van der Waals surface area contributed by atoms with Crippen LogP contribution in [0, 0.1) is 3.70 Å². The predicted octanol–water partition coefficient (Wildman–Crippen LogP) is 3.99. The fourth-order valence-electron chi connectivity index (χ4n) is 1.97. The maximum absolute atomic E-state index is 12.8. The van der Waals surface area contributed by atoms with Crippen LogP contribution in [0.2, 0.25) is 0 Å². The van der Waals surface area contributed by atoms with Crippen molar-refractivity contribution < 1.29 is 13.2 Å². The Hall–Kier alpha value is -1.77. The van der Waals surface area contributed by atoms with E-state index in [1.807, 2.05) is 6.07 Å². The smallest absolute Gasteiger partial charge is 0.235 e. The van der Waals surface area contributed by atoms with Gasteiger partial charge in [-0.1, -0.05) is 37.4 Å². The third kappa shape index (κ3) is 2.69. The molecular weight excluding hydrogens is 394 g/mol. The molecule has 3 aromatic rings. The highest BCUT2D eigenvalue weighted by Crippen LogP contribution is 2.32. The van der Waals surface area contributed by atoms with Crippen molar-refractivity contribution >= 4 is 30.9 Å². The Bertz CT molecular complexity index is 824. The SMILES string of the molecule is C=Ic1ccc2ncc(-c3cccc(C(F)(F)F)c3)n2n1. The van der Waals surface area contributed by atoms with E-state index in [4.69, 9.17) is 0 Å². The zero-order valence-electron chi connectivity index (χ0n) is 10.6. The Kier molecular flexibility index (Phi) is 3.52. The number of imidazole rings is 1. The van der Waals surface area contributed by atoms with E-state index in [0.29, 0.717) is 16.9 Å². The Balaban J connectivity index is 2.18. The van der Waals surface area contributed by atoms with Gasteiger partial charge in [0, 0.05) is 5.56 Å². The van der Waals surface area contributed by atoms with Crippen molar-refractivity contribution in [2.24, 2.45) is 0 Å². The van der Waals surface area contributed by atoms with Crippen molar-refractivity contribution in [3.05, 3.63) is 51.9 Å². The van der Waals surface area contributed by atoms with Gasteiger partial charge in [-0.05, 0) is 24.3 Å². The largest absolute Gasteiger partial charge is 0.416 e. The van der Waals surface area contributed by atoms with Gasteiger partial charge in [0.1, 0.15) is 3.70 Å². The summed E-state index contributed by atoms with van der Waals surface area (Å²) in [5.74, 6) is 0. The lowest BCUT2D eigenvalue weighted by atomic mass is 10.1. The fraction of sp³-hybridized carbons (Fsp3) is 0.0714. The maximum Gasteiger partial charge on any atom is 0.416 e. The lowest BCUT2D eigenvalue weighted by molar-refractivity contribution is -0.137. The number of benzene rings is 1. The first-order chi connectivity index (χ1) is 9.99. The molecule has 3 rings (SSSR count). The molecule has 0 aliphatic rings. The van der Waals surface area contributed by atoms with E-state index in [-0.39, 0.29) is 0 Å². The summed E-state index contributed by atoms with van der Waals surface area (Å²) in [7, 11) is 0. The van der Waals surface area contributed by atoms with Gasteiger partial charge in [-0.15, -0.1) is 0 Å². The zero-order chi connectivity index (χ0) is 15.0. The van der Waals surface area contributed by atoms with Crippen molar-refractivity contribution in [1.82, 2.24) is 14.6 Å². The molecule has 0 atom stereocenters. The van der Waals surface area contributed by atoms with Gasteiger partial charge in [-0.3, -0.25) is 0 Å². The first kappa shape index (κ1) is 14.2. The van der Waals surface area contributed by atoms with Crippen LogP contribution in [0.1, 0.15) is 5.56 Å². The highest BCUT2D eigenvalue weighted by atomic mass is 127. The molecule has 0 unspecified atom stereocenters. The molecule has 1 aromatic carbocycles. The zero-order valence-corrected chi connectivity index (χ0v) is 12.8. The highest BCUT2D eigenvalue weighted by Gasteiger charge is 2.30. The van der Waals surface area contributed by atoms with E-state index in [9.17, 15) is 13.2 Å². The minimum Gasteiger partial charge on any atom is -0.235 e. The Morgan fingerprint density at radius 3 is 2.67 bits per heavy atom. The van der Waals surface area contributed by atoms with Gasteiger partial charge in [0.15, 0.2) is 5.65 Å². The van der Waals surface area contributed by atoms with Gasteiger partial charge in [0.25, 0.3) is 0 Å². The summed E-state index contributed by atoms with van der Waals surface area (Å²) in [6, 6.07) is 8.80. The number of aromatic nitrogens is 3. The molecule has 2 aromatic heterocycles. The second-order valence-corrected chi connectivity index (χ2v) is 6.15. The van der Waals surface area contributed by atoms with Crippen molar-refractivity contribution in [3.63, 3.8) is 0 Å². The third-order valence-electron chi connectivity index (χ3n) is 2.95. The number of alkyl halides is 3. The number of hydrogen-bond donors (Lipinski definition) is 0. The van der Waals surface area contributed by atoms with Crippen LogP contribution in [0.25, 0.3) is 16.9 Å². The summed E-state index contributed by atoms with van der Waals surface area (Å²) in [5, 5.41) is 4.38. The van der Waals surface area contributed by atoms with E-state index in [2.05, 4.69) is 14.6 Å². The quantitative estimate of drug-likeness (QED) is 0.606. The highest BCUT2D eigenvalue weighted by molar-refractivity contribution is 14.2. The van der Waals surface area contributed by atoms with E-state index in [1.165, 1.54) is 12.3 Å². The average Bonchev–Trinajstić information content (AvgIpc) is 2.89. The van der Waals surface area contributed by atoms with Crippen LogP contribution in [0.3, 0.4) is 0 Å². The predicted molar refractivity (Wildman–Crippen MR) is 83.3 cm³/mol. The number of rotatable bonds is 2. The molecule has 0 saturated carbocycles. The second kappa shape index (κ2) is 5.21. The number of hydrogen-bond acceptors (Lipinski definition) is 2. The van der Waals surface area contributed by atoms with Crippen molar-refractivity contribution in [2.75, 3.05) is 0 Å². The molecule has 0 N–H and O–H groups in total. The van der Waals surface area contributed by atoms with Gasteiger partial charge in [-0.25, -0.2) is 9.50 Å². The van der Waals surface area contributed by atoms with Crippen molar-refractivity contribution in [2.45, 2.75) is 6.18 Å². The molecular formula is C14H9F3IN3. The molecule has 0 bridgehead atoms. The summed E-state index contributed by atoms with van der Waals surface area (Å²) >= 11 is -0.444. The van der Waals surface area contributed by atoms with Crippen LogP contribution >= 0.6 is 20.7 Å². The Labute approximate surface area is 128 Å². The fourth-order valence-corrected chi connectivity index (χ4v) is 2.78. The van der Waals surface area contributed by atoms with Crippen LogP contribution in [0.5, 0.6) is 0 Å². The molecule has 0 aliphatic heterocycles. The minimum atomic E-state index is -4.37. The maximum atomic E-state index is 12.8. The molecule has 0 spiro atoms. The number of fused-ring (bicyclic) bond motifs is 1.